The molecule has 25 heavy (non-hydrogen) atoms. The van der Waals surface area contributed by atoms with Crippen LogP contribution in [0.15, 0.2) is 28.7 Å². The Labute approximate surface area is 156 Å². The third-order valence-electron chi connectivity index (χ3n) is 2.84. The van der Waals surface area contributed by atoms with Crippen LogP contribution in [0.5, 0.6) is 0 Å². The molecule has 0 fully saturated rings. The van der Waals surface area contributed by atoms with E-state index >= 15 is 0 Å². The second-order valence-electron chi connectivity index (χ2n) is 6.36. The first-order valence-electron chi connectivity index (χ1n) is 7.90. The van der Waals surface area contributed by atoms with E-state index in [9.17, 15) is 14.4 Å². The lowest BCUT2D eigenvalue weighted by atomic mass is 10.1. The summed E-state index contributed by atoms with van der Waals surface area (Å²) in [6.07, 6.45) is -0.369. The molecular weight excluding hydrogens is 390 g/mol. The van der Waals surface area contributed by atoms with Gasteiger partial charge in [0.15, 0.2) is 0 Å². The zero-order chi connectivity index (χ0) is 18.9. The molecule has 0 aromatic heterocycles. The summed E-state index contributed by atoms with van der Waals surface area (Å²) in [5.41, 5.74) is 0.297. The molecule has 0 atom stereocenters. The molecule has 1 aromatic carbocycles. The van der Waals surface area contributed by atoms with Crippen molar-refractivity contribution >= 4 is 33.8 Å². The predicted octanol–water partition coefficient (Wildman–Crippen LogP) is 1.75. The second kappa shape index (κ2) is 10.0. The molecule has 0 aliphatic heterocycles. The fourth-order valence-electron chi connectivity index (χ4n) is 1.78. The van der Waals surface area contributed by atoms with E-state index in [1.807, 2.05) is 24.3 Å². The quantitative estimate of drug-likeness (QED) is 0.593. The van der Waals surface area contributed by atoms with Crippen molar-refractivity contribution in [2.45, 2.75) is 32.8 Å². The average molecular weight is 414 g/mol. The number of nitrogens with one attached hydrogen (secondary N) is 3. The lowest BCUT2D eigenvalue weighted by Crippen LogP contribution is -2.42. The van der Waals surface area contributed by atoms with Crippen molar-refractivity contribution in [1.29, 1.82) is 0 Å². The molecule has 0 bridgehead atoms. The number of ether oxygens (including phenoxy) is 1. The Bertz CT molecular complexity index is 597. The van der Waals surface area contributed by atoms with Gasteiger partial charge in [0, 0.05) is 17.6 Å². The summed E-state index contributed by atoms with van der Waals surface area (Å²) in [5, 5.41) is 7.68. The van der Waals surface area contributed by atoms with Gasteiger partial charge in [0.2, 0.25) is 11.8 Å². The maximum Gasteiger partial charge on any atom is 0.408 e. The molecule has 8 heteroatoms. The molecule has 0 saturated heterocycles. The smallest absolute Gasteiger partial charge is 0.408 e. The minimum atomic E-state index is -0.648. The van der Waals surface area contributed by atoms with Gasteiger partial charge in [-0.25, -0.2) is 4.79 Å². The lowest BCUT2D eigenvalue weighted by molar-refractivity contribution is -0.122. The Morgan fingerprint density at radius 1 is 0.960 bits per heavy atom. The van der Waals surface area contributed by atoms with Crippen molar-refractivity contribution in [1.82, 2.24) is 16.0 Å². The minimum absolute atomic E-state index is 0.122. The minimum Gasteiger partial charge on any atom is -0.444 e. The fourth-order valence-corrected chi connectivity index (χ4v) is 2.05. The van der Waals surface area contributed by atoms with Crippen LogP contribution in [0.25, 0.3) is 0 Å². The Morgan fingerprint density at radius 2 is 1.52 bits per heavy atom. The van der Waals surface area contributed by atoms with Crippen LogP contribution in [0, 0.1) is 0 Å². The number of benzene rings is 1. The van der Waals surface area contributed by atoms with Crippen LogP contribution in [0.2, 0.25) is 0 Å². The number of halogens is 1. The standard InChI is InChI=1S/C17H24BrN3O4/c1-17(2,3)25-16(24)21-11-15(23)20-9-8-19-14(22)10-12-4-6-13(18)7-5-12/h4-7H,8-11H2,1-3H3,(H,19,22)(H,20,23)(H,21,24). The maximum atomic E-state index is 11.8. The largest absolute Gasteiger partial charge is 0.444 e. The van der Waals surface area contributed by atoms with E-state index in [4.69, 9.17) is 4.74 Å². The Morgan fingerprint density at radius 3 is 2.08 bits per heavy atom. The van der Waals surface area contributed by atoms with E-state index in [0.717, 1.165) is 10.0 Å². The number of carbonyl (C=O) groups is 3. The highest BCUT2D eigenvalue weighted by atomic mass is 79.9. The van der Waals surface area contributed by atoms with Crippen LogP contribution in [0.3, 0.4) is 0 Å². The third-order valence-corrected chi connectivity index (χ3v) is 3.37. The van der Waals surface area contributed by atoms with Crippen molar-refractivity contribution in [2.75, 3.05) is 19.6 Å². The Balaban J connectivity index is 2.14. The summed E-state index contributed by atoms with van der Waals surface area (Å²) in [7, 11) is 0. The van der Waals surface area contributed by atoms with Gasteiger partial charge in [0.25, 0.3) is 0 Å². The molecule has 0 spiro atoms. The van der Waals surface area contributed by atoms with Crippen LogP contribution in [-0.2, 0) is 20.7 Å². The summed E-state index contributed by atoms with van der Waals surface area (Å²) in [6.45, 7) is 5.63. The highest BCUT2D eigenvalue weighted by molar-refractivity contribution is 9.10. The molecule has 0 radical (unpaired) electrons. The van der Waals surface area contributed by atoms with Gasteiger partial charge in [-0.05, 0) is 38.5 Å². The molecule has 0 aliphatic carbocycles. The molecule has 1 rings (SSSR count). The normalized spacial score (nSPS) is 10.7. The highest BCUT2D eigenvalue weighted by Gasteiger charge is 2.16. The maximum absolute atomic E-state index is 11.8. The molecule has 7 nitrogen and oxygen atoms in total. The number of alkyl carbamates (subject to hydrolysis) is 1. The zero-order valence-electron chi connectivity index (χ0n) is 14.6. The van der Waals surface area contributed by atoms with Gasteiger partial charge in [0.1, 0.15) is 5.60 Å². The summed E-state index contributed by atoms with van der Waals surface area (Å²) in [6, 6.07) is 7.49. The summed E-state index contributed by atoms with van der Waals surface area (Å²) in [5.74, 6) is -0.475. The van der Waals surface area contributed by atoms with E-state index in [2.05, 4.69) is 31.9 Å². The van der Waals surface area contributed by atoms with Gasteiger partial charge >= 0.3 is 6.09 Å². The molecule has 138 valence electrons. The number of rotatable bonds is 7. The first kappa shape index (κ1) is 21.0. The van der Waals surface area contributed by atoms with Crippen LogP contribution < -0.4 is 16.0 Å². The molecule has 3 amide bonds. The predicted molar refractivity (Wildman–Crippen MR) is 98.1 cm³/mol. The van der Waals surface area contributed by atoms with Gasteiger partial charge in [-0.1, -0.05) is 28.1 Å². The average Bonchev–Trinajstić information content (AvgIpc) is 2.50. The third kappa shape index (κ3) is 10.4. The fraction of sp³-hybridized carbons (Fsp3) is 0.471. The van der Waals surface area contributed by atoms with Gasteiger partial charge in [0.05, 0.1) is 13.0 Å². The van der Waals surface area contributed by atoms with E-state index < -0.39 is 11.7 Å². The molecular formula is C17H24BrN3O4. The van der Waals surface area contributed by atoms with Crippen molar-refractivity contribution in [3.63, 3.8) is 0 Å². The van der Waals surface area contributed by atoms with E-state index in [0.29, 0.717) is 6.54 Å². The van der Waals surface area contributed by atoms with Crippen molar-refractivity contribution in [2.24, 2.45) is 0 Å². The SMILES string of the molecule is CC(C)(C)OC(=O)NCC(=O)NCCNC(=O)Cc1ccc(Br)cc1. The molecule has 0 saturated carbocycles. The highest BCUT2D eigenvalue weighted by Crippen LogP contribution is 2.10. The number of amides is 3. The van der Waals surface area contributed by atoms with Gasteiger partial charge in [-0.3, -0.25) is 9.59 Å². The number of carbonyl (C=O) groups excluding carboxylic acids is 3. The Hall–Kier alpha value is -2.09. The number of hydrogen-bond donors (Lipinski definition) is 3. The Kier molecular flexibility index (Phi) is 8.40. The van der Waals surface area contributed by atoms with E-state index in [1.165, 1.54) is 0 Å². The lowest BCUT2D eigenvalue weighted by Gasteiger charge is -2.19. The topological polar surface area (TPSA) is 96.5 Å². The molecule has 3 N–H and O–H groups in total. The first-order valence-corrected chi connectivity index (χ1v) is 8.70. The van der Waals surface area contributed by atoms with Gasteiger partial charge < -0.3 is 20.7 Å². The summed E-state index contributed by atoms with van der Waals surface area (Å²) >= 11 is 3.34. The summed E-state index contributed by atoms with van der Waals surface area (Å²) in [4.78, 5) is 34.8. The van der Waals surface area contributed by atoms with Crippen LogP contribution in [0.4, 0.5) is 4.79 Å². The molecule has 1 aromatic rings. The van der Waals surface area contributed by atoms with E-state index in [1.54, 1.807) is 20.8 Å². The van der Waals surface area contributed by atoms with Crippen LogP contribution >= 0.6 is 15.9 Å². The van der Waals surface area contributed by atoms with Gasteiger partial charge in [-0.15, -0.1) is 0 Å². The van der Waals surface area contributed by atoms with Crippen molar-refractivity contribution in [3.05, 3.63) is 34.3 Å². The summed E-state index contributed by atoms with van der Waals surface area (Å²) < 4.78 is 5.98. The molecule has 0 unspecified atom stereocenters. The van der Waals surface area contributed by atoms with Crippen LogP contribution in [0.1, 0.15) is 26.3 Å². The first-order chi connectivity index (χ1) is 11.7. The zero-order valence-corrected chi connectivity index (χ0v) is 16.2. The van der Waals surface area contributed by atoms with Gasteiger partial charge in [-0.2, -0.15) is 0 Å². The number of hydrogen-bond acceptors (Lipinski definition) is 4. The van der Waals surface area contributed by atoms with Crippen LogP contribution in [-0.4, -0.2) is 43.1 Å². The van der Waals surface area contributed by atoms with E-state index in [-0.39, 0.29) is 31.3 Å². The monoisotopic (exact) mass is 413 g/mol. The van der Waals surface area contributed by atoms with Crippen molar-refractivity contribution < 1.29 is 19.1 Å². The second-order valence-corrected chi connectivity index (χ2v) is 7.27. The van der Waals surface area contributed by atoms with Crippen molar-refractivity contribution in [3.8, 4) is 0 Å². The molecule has 0 heterocycles. The molecule has 0 aliphatic rings.